The van der Waals surface area contributed by atoms with E-state index < -0.39 is 17.6 Å². The Kier molecular flexibility index (Phi) is 3.88. The lowest BCUT2D eigenvalue weighted by molar-refractivity contribution is -0.137. The number of anilines is 1. The van der Waals surface area contributed by atoms with Gasteiger partial charge >= 0.3 is 6.18 Å². The van der Waals surface area contributed by atoms with Gasteiger partial charge in [0.05, 0.1) is 0 Å². The maximum absolute atomic E-state index is 12.8. The number of nitrogens with one attached hydrogen (secondary N) is 1. The average molecular weight is 280 g/mol. The summed E-state index contributed by atoms with van der Waals surface area (Å²) in [6.45, 7) is 0. The number of guanidine groups is 1. The molecule has 20 heavy (non-hydrogen) atoms. The minimum atomic E-state index is -4.53. The van der Waals surface area contributed by atoms with Gasteiger partial charge in [-0.1, -0.05) is 18.2 Å². The zero-order valence-electron chi connectivity index (χ0n) is 10.2. The van der Waals surface area contributed by atoms with E-state index in [1.807, 2.05) is 0 Å². The molecule has 1 heterocycles. The third kappa shape index (κ3) is 3.47. The lowest BCUT2D eigenvalue weighted by Gasteiger charge is -2.09. The molecular formula is C13H11F3N4. The highest BCUT2D eigenvalue weighted by molar-refractivity contribution is 5.93. The first-order chi connectivity index (χ1) is 9.47. The van der Waals surface area contributed by atoms with E-state index in [1.54, 1.807) is 30.3 Å². The zero-order valence-corrected chi connectivity index (χ0v) is 10.2. The molecule has 0 aliphatic rings. The third-order valence-corrected chi connectivity index (χ3v) is 2.36. The second-order valence-corrected chi connectivity index (χ2v) is 3.86. The fourth-order valence-corrected chi connectivity index (χ4v) is 1.52. The van der Waals surface area contributed by atoms with E-state index in [2.05, 4.69) is 15.3 Å². The lowest BCUT2D eigenvalue weighted by atomic mass is 10.2. The van der Waals surface area contributed by atoms with Crippen LogP contribution in [0.15, 0.2) is 53.7 Å². The van der Waals surface area contributed by atoms with E-state index >= 15 is 0 Å². The highest BCUT2D eigenvalue weighted by Gasteiger charge is 2.34. The summed E-state index contributed by atoms with van der Waals surface area (Å²) in [5.41, 5.74) is 5.27. The number of aliphatic imine (C=N–C) groups is 1. The van der Waals surface area contributed by atoms with Crippen molar-refractivity contribution in [3.05, 3.63) is 54.2 Å². The first-order valence-electron chi connectivity index (χ1n) is 5.65. The van der Waals surface area contributed by atoms with Crippen LogP contribution in [0.5, 0.6) is 0 Å². The fourth-order valence-electron chi connectivity index (χ4n) is 1.52. The van der Waals surface area contributed by atoms with Gasteiger partial charge in [0.2, 0.25) is 0 Å². The topological polar surface area (TPSA) is 63.3 Å². The number of para-hydroxylation sites is 1. The average Bonchev–Trinajstić information content (AvgIpc) is 2.39. The van der Waals surface area contributed by atoms with Crippen molar-refractivity contribution in [1.29, 1.82) is 0 Å². The summed E-state index contributed by atoms with van der Waals surface area (Å²) in [7, 11) is 0. The number of alkyl halides is 3. The van der Waals surface area contributed by atoms with Gasteiger partial charge in [0, 0.05) is 11.9 Å². The van der Waals surface area contributed by atoms with Crippen LogP contribution >= 0.6 is 0 Å². The molecule has 104 valence electrons. The van der Waals surface area contributed by atoms with E-state index in [0.717, 1.165) is 6.07 Å². The molecule has 7 heteroatoms. The summed E-state index contributed by atoms with van der Waals surface area (Å²) in [6, 6.07) is 10.9. The van der Waals surface area contributed by atoms with Gasteiger partial charge < -0.3 is 11.1 Å². The van der Waals surface area contributed by atoms with E-state index in [1.165, 1.54) is 12.3 Å². The Morgan fingerprint density at radius 1 is 1.10 bits per heavy atom. The Morgan fingerprint density at radius 2 is 1.80 bits per heavy atom. The van der Waals surface area contributed by atoms with Crippen molar-refractivity contribution in [3.8, 4) is 0 Å². The van der Waals surface area contributed by atoms with E-state index in [4.69, 9.17) is 5.73 Å². The highest BCUT2D eigenvalue weighted by atomic mass is 19.4. The van der Waals surface area contributed by atoms with Crippen molar-refractivity contribution >= 4 is 17.5 Å². The van der Waals surface area contributed by atoms with Crippen molar-refractivity contribution in [2.45, 2.75) is 6.18 Å². The number of rotatable bonds is 2. The Hall–Kier alpha value is -2.57. The molecule has 0 atom stereocenters. The molecule has 0 saturated heterocycles. The molecule has 1 aromatic heterocycles. The summed E-state index contributed by atoms with van der Waals surface area (Å²) >= 11 is 0. The van der Waals surface area contributed by atoms with Crippen molar-refractivity contribution < 1.29 is 13.2 Å². The largest absolute Gasteiger partial charge is 0.420 e. The molecule has 3 N–H and O–H groups in total. The van der Waals surface area contributed by atoms with Crippen LogP contribution in [0.25, 0.3) is 0 Å². The lowest BCUT2D eigenvalue weighted by Crippen LogP contribution is -2.22. The van der Waals surface area contributed by atoms with E-state index in [0.29, 0.717) is 5.69 Å². The van der Waals surface area contributed by atoms with Gasteiger partial charge in [0.15, 0.2) is 11.8 Å². The summed E-state index contributed by atoms with van der Waals surface area (Å²) in [4.78, 5) is 7.27. The van der Waals surface area contributed by atoms with Gasteiger partial charge in [-0.25, -0.2) is 4.98 Å². The first kappa shape index (κ1) is 13.9. The van der Waals surface area contributed by atoms with Crippen LogP contribution < -0.4 is 11.1 Å². The van der Waals surface area contributed by atoms with Crippen molar-refractivity contribution in [3.63, 3.8) is 0 Å². The number of aromatic nitrogens is 1. The van der Waals surface area contributed by atoms with Crippen molar-refractivity contribution in [2.75, 3.05) is 5.32 Å². The van der Waals surface area contributed by atoms with Crippen molar-refractivity contribution in [2.24, 2.45) is 10.7 Å². The summed E-state index contributed by atoms with van der Waals surface area (Å²) in [6.07, 6.45) is -3.30. The number of nitrogens with two attached hydrogens (primary N) is 1. The molecule has 2 aromatic rings. The van der Waals surface area contributed by atoms with Crippen LogP contribution in [0, 0.1) is 0 Å². The Bertz CT molecular complexity index is 609. The molecule has 0 amide bonds. The van der Waals surface area contributed by atoms with Gasteiger partial charge in [-0.15, -0.1) is 0 Å². The molecule has 0 aliphatic carbocycles. The summed E-state index contributed by atoms with van der Waals surface area (Å²) < 4.78 is 38.3. The fraction of sp³-hybridized carbons (Fsp3) is 0.0769. The van der Waals surface area contributed by atoms with E-state index in [9.17, 15) is 13.2 Å². The van der Waals surface area contributed by atoms with Crippen LogP contribution in [0.1, 0.15) is 5.56 Å². The monoisotopic (exact) mass is 280 g/mol. The normalized spacial score (nSPS) is 12.2. The molecule has 2 rings (SSSR count). The Morgan fingerprint density at radius 3 is 2.45 bits per heavy atom. The molecule has 0 aliphatic heterocycles. The standard InChI is InChI=1S/C13H11F3N4/c14-13(15,16)10-7-4-8-18-11(10)20-12(17)19-9-5-2-1-3-6-9/h1-8H,(H3,17,18,19,20). The van der Waals surface area contributed by atoms with Crippen LogP contribution in [-0.2, 0) is 6.18 Å². The third-order valence-electron chi connectivity index (χ3n) is 2.36. The molecule has 0 bridgehead atoms. The summed E-state index contributed by atoms with van der Waals surface area (Å²) in [5, 5.41) is 2.69. The van der Waals surface area contributed by atoms with Crippen molar-refractivity contribution in [1.82, 2.24) is 4.98 Å². The second kappa shape index (κ2) is 5.60. The molecular weight excluding hydrogens is 269 g/mol. The Labute approximate surface area is 113 Å². The maximum Gasteiger partial charge on any atom is 0.420 e. The zero-order chi connectivity index (χ0) is 14.6. The highest BCUT2D eigenvalue weighted by Crippen LogP contribution is 2.34. The number of hydrogen-bond donors (Lipinski definition) is 2. The van der Waals surface area contributed by atoms with Gasteiger partial charge in [-0.05, 0) is 24.3 Å². The van der Waals surface area contributed by atoms with Crippen LogP contribution in [0.2, 0.25) is 0 Å². The molecule has 0 fully saturated rings. The van der Waals surface area contributed by atoms with Gasteiger partial charge in [-0.3, -0.25) is 0 Å². The quantitative estimate of drug-likeness (QED) is 0.656. The minimum Gasteiger partial charge on any atom is -0.369 e. The predicted octanol–water partition coefficient (Wildman–Crippen LogP) is 3.16. The molecule has 0 radical (unpaired) electrons. The number of halogens is 3. The van der Waals surface area contributed by atoms with Gasteiger partial charge in [0.1, 0.15) is 5.56 Å². The maximum atomic E-state index is 12.8. The molecule has 0 spiro atoms. The van der Waals surface area contributed by atoms with E-state index in [-0.39, 0.29) is 5.96 Å². The predicted molar refractivity (Wildman–Crippen MR) is 70.6 cm³/mol. The van der Waals surface area contributed by atoms with Crippen LogP contribution in [-0.4, -0.2) is 10.9 Å². The van der Waals surface area contributed by atoms with Gasteiger partial charge in [0.25, 0.3) is 0 Å². The first-order valence-corrected chi connectivity index (χ1v) is 5.65. The van der Waals surface area contributed by atoms with Crippen LogP contribution in [0.3, 0.4) is 0 Å². The number of benzene rings is 1. The summed E-state index contributed by atoms with van der Waals surface area (Å²) in [5.74, 6) is -0.638. The minimum absolute atomic E-state index is 0.166. The second-order valence-electron chi connectivity index (χ2n) is 3.86. The molecule has 1 aromatic carbocycles. The number of hydrogen-bond acceptors (Lipinski definition) is 2. The number of nitrogens with zero attached hydrogens (tertiary/aromatic N) is 2. The van der Waals surface area contributed by atoms with Crippen LogP contribution in [0.4, 0.5) is 24.7 Å². The molecule has 4 nitrogen and oxygen atoms in total. The SMILES string of the molecule is NC(=Nc1ncccc1C(F)(F)F)Nc1ccccc1. The Balaban J connectivity index is 2.27. The molecule has 0 unspecified atom stereocenters. The smallest absolute Gasteiger partial charge is 0.369 e. The molecule has 0 saturated carbocycles. The van der Waals surface area contributed by atoms with Gasteiger partial charge in [-0.2, -0.15) is 18.2 Å². The number of pyridine rings is 1.